The van der Waals surface area contributed by atoms with Crippen molar-refractivity contribution in [2.45, 2.75) is 45.6 Å². The minimum Gasteiger partial charge on any atom is -0.489 e. The average molecular weight is 384 g/mol. The van der Waals surface area contributed by atoms with Crippen LogP contribution in [-0.4, -0.2) is 23.7 Å². The van der Waals surface area contributed by atoms with Crippen molar-refractivity contribution in [1.82, 2.24) is 0 Å². The van der Waals surface area contributed by atoms with Gasteiger partial charge in [-0.15, -0.1) is 0 Å². The molecule has 0 amide bonds. The minimum atomic E-state index is -1.11. The molecule has 2 aromatic carbocycles. The Bertz CT molecular complexity index is 742. The van der Waals surface area contributed by atoms with E-state index < -0.39 is 17.9 Å². The van der Waals surface area contributed by atoms with Crippen molar-refractivity contribution in [3.05, 3.63) is 65.7 Å². The maximum absolute atomic E-state index is 11.7. The number of esters is 1. The molecule has 0 radical (unpaired) electrons. The van der Waals surface area contributed by atoms with Crippen LogP contribution in [0.25, 0.3) is 0 Å². The van der Waals surface area contributed by atoms with Crippen LogP contribution < -0.4 is 4.74 Å². The quantitative estimate of drug-likeness (QED) is 0.328. The van der Waals surface area contributed by atoms with E-state index in [0.29, 0.717) is 19.4 Å². The highest BCUT2D eigenvalue weighted by atomic mass is 16.5. The molecule has 150 valence electrons. The minimum absolute atomic E-state index is 0.200. The van der Waals surface area contributed by atoms with Crippen LogP contribution in [0.1, 0.15) is 43.7 Å². The summed E-state index contributed by atoms with van der Waals surface area (Å²) in [7, 11) is 0. The molecule has 2 rings (SSSR count). The van der Waals surface area contributed by atoms with Crippen molar-refractivity contribution in [1.29, 1.82) is 0 Å². The second-order valence-electron chi connectivity index (χ2n) is 6.66. The van der Waals surface area contributed by atoms with Crippen LogP contribution in [-0.2, 0) is 27.4 Å². The van der Waals surface area contributed by atoms with E-state index in [1.807, 2.05) is 48.5 Å². The van der Waals surface area contributed by atoms with Gasteiger partial charge in [0.2, 0.25) is 0 Å². The predicted octanol–water partition coefficient (Wildman–Crippen LogP) is 4.63. The van der Waals surface area contributed by atoms with Gasteiger partial charge in [0, 0.05) is 0 Å². The summed E-state index contributed by atoms with van der Waals surface area (Å²) in [5.41, 5.74) is 2.31. The number of rotatable bonds is 12. The topological polar surface area (TPSA) is 72.8 Å². The molecule has 0 aromatic heterocycles. The third-order valence-electron chi connectivity index (χ3n) is 4.47. The van der Waals surface area contributed by atoms with Crippen LogP contribution in [0, 0.1) is 5.92 Å². The van der Waals surface area contributed by atoms with Gasteiger partial charge in [0.1, 0.15) is 12.4 Å². The molecule has 1 unspecified atom stereocenters. The van der Waals surface area contributed by atoms with E-state index in [2.05, 4.69) is 6.07 Å². The first kappa shape index (κ1) is 21.5. The van der Waals surface area contributed by atoms with E-state index in [-0.39, 0.29) is 6.61 Å². The number of carbonyl (C=O) groups excluding carboxylic acids is 1. The van der Waals surface area contributed by atoms with Crippen LogP contribution in [0.4, 0.5) is 0 Å². The van der Waals surface area contributed by atoms with Gasteiger partial charge < -0.3 is 14.6 Å². The third-order valence-corrected chi connectivity index (χ3v) is 4.47. The van der Waals surface area contributed by atoms with E-state index in [4.69, 9.17) is 14.6 Å². The molecular formula is C23H28O5. The van der Waals surface area contributed by atoms with Crippen molar-refractivity contribution in [2.75, 3.05) is 6.61 Å². The highest BCUT2D eigenvalue weighted by Gasteiger charge is 2.26. The largest absolute Gasteiger partial charge is 0.489 e. The third kappa shape index (κ3) is 7.43. The summed E-state index contributed by atoms with van der Waals surface area (Å²) in [6.07, 6.45) is 3.67. The Morgan fingerprint density at radius 2 is 1.71 bits per heavy atom. The second-order valence-corrected chi connectivity index (χ2v) is 6.66. The molecule has 1 N–H and O–H groups in total. The fourth-order valence-corrected chi connectivity index (χ4v) is 2.97. The molecule has 0 aliphatic rings. The number of ether oxygens (including phenoxy) is 2. The van der Waals surface area contributed by atoms with Crippen molar-refractivity contribution >= 4 is 11.9 Å². The Kier molecular flexibility index (Phi) is 9.05. The first-order valence-corrected chi connectivity index (χ1v) is 9.75. The lowest BCUT2D eigenvalue weighted by Crippen LogP contribution is -2.25. The summed E-state index contributed by atoms with van der Waals surface area (Å²) in [6.45, 7) is 2.41. The predicted molar refractivity (Wildman–Crippen MR) is 107 cm³/mol. The van der Waals surface area contributed by atoms with Crippen molar-refractivity contribution in [3.63, 3.8) is 0 Å². The summed E-state index contributed by atoms with van der Waals surface area (Å²) in [6, 6.07) is 18.1. The van der Waals surface area contributed by atoms with Crippen LogP contribution in [0.3, 0.4) is 0 Å². The average Bonchev–Trinajstić information content (AvgIpc) is 2.70. The summed E-state index contributed by atoms with van der Waals surface area (Å²) in [5, 5.41) is 9.15. The fourth-order valence-electron chi connectivity index (χ4n) is 2.97. The van der Waals surface area contributed by atoms with Gasteiger partial charge in [-0.1, -0.05) is 55.3 Å². The highest BCUT2D eigenvalue weighted by Crippen LogP contribution is 2.18. The van der Waals surface area contributed by atoms with Crippen molar-refractivity contribution in [3.8, 4) is 5.75 Å². The van der Waals surface area contributed by atoms with Gasteiger partial charge in [0.05, 0.1) is 6.61 Å². The zero-order valence-corrected chi connectivity index (χ0v) is 16.3. The van der Waals surface area contributed by atoms with Crippen molar-refractivity contribution < 1.29 is 24.2 Å². The molecule has 5 heteroatoms. The normalized spacial score (nSPS) is 11.6. The van der Waals surface area contributed by atoms with Gasteiger partial charge in [-0.05, 0) is 49.4 Å². The number of carboxylic acids is 1. The summed E-state index contributed by atoms with van der Waals surface area (Å²) >= 11 is 0. The van der Waals surface area contributed by atoms with E-state index in [1.165, 1.54) is 5.56 Å². The van der Waals surface area contributed by atoms with E-state index in [9.17, 15) is 9.59 Å². The lowest BCUT2D eigenvalue weighted by Gasteiger charge is -2.11. The Hall–Kier alpha value is -2.82. The van der Waals surface area contributed by atoms with Gasteiger partial charge in [0.15, 0.2) is 5.92 Å². The number of benzene rings is 2. The monoisotopic (exact) mass is 384 g/mol. The van der Waals surface area contributed by atoms with Crippen LogP contribution in [0.2, 0.25) is 0 Å². The molecule has 0 fully saturated rings. The number of hydrogen-bond acceptors (Lipinski definition) is 4. The molecular weight excluding hydrogens is 356 g/mol. The van der Waals surface area contributed by atoms with Gasteiger partial charge >= 0.3 is 11.9 Å². The number of aliphatic carboxylic acids is 1. The summed E-state index contributed by atoms with van der Waals surface area (Å²) in [4.78, 5) is 22.8. The molecule has 0 saturated carbocycles. The van der Waals surface area contributed by atoms with Crippen LogP contribution >= 0.6 is 0 Å². The molecule has 0 saturated heterocycles. The fraction of sp³-hybridized carbons (Fsp3) is 0.391. The maximum atomic E-state index is 11.7. The number of aryl methyl sites for hydroxylation is 1. The molecule has 1 atom stereocenters. The van der Waals surface area contributed by atoms with Gasteiger partial charge in [-0.3, -0.25) is 9.59 Å². The summed E-state index contributed by atoms with van der Waals surface area (Å²) in [5.74, 6) is -1.97. The Balaban J connectivity index is 1.72. The summed E-state index contributed by atoms with van der Waals surface area (Å²) < 4.78 is 10.7. The Morgan fingerprint density at radius 3 is 2.43 bits per heavy atom. The van der Waals surface area contributed by atoms with Crippen LogP contribution in [0.15, 0.2) is 54.6 Å². The van der Waals surface area contributed by atoms with Crippen molar-refractivity contribution in [2.24, 2.45) is 5.92 Å². The highest BCUT2D eigenvalue weighted by molar-refractivity contribution is 5.93. The van der Waals surface area contributed by atoms with E-state index in [1.54, 1.807) is 6.92 Å². The Labute approximate surface area is 166 Å². The lowest BCUT2D eigenvalue weighted by molar-refractivity contribution is -0.158. The molecule has 5 nitrogen and oxygen atoms in total. The van der Waals surface area contributed by atoms with Crippen LogP contribution in [0.5, 0.6) is 5.75 Å². The van der Waals surface area contributed by atoms with Gasteiger partial charge in [-0.25, -0.2) is 0 Å². The maximum Gasteiger partial charge on any atom is 0.320 e. The molecule has 0 heterocycles. The first-order chi connectivity index (χ1) is 13.6. The van der Waals surface area contributed by atoms with E-state index in [0.717, 1.165) is 30.6 Å². The molecule has 0 aliphatic heterocycles. The van der Waals surface area contributed by atoms with Gasteiger partial charge in [0.25, 0.3) is 0 Å². The van der Waals surface area contributed by atoms with Gasteiger partial charge in [-0.2, -0.15) is 0 Å². The van der Waals surface area contributed by atoms with E-state index >= 15 is 0 Å². The molecule has 0 spiro atoms. The number of carbonyl (C=O) groups is 2. The zero-order valence-electron chi connectivity index (χ0n) is 16.3. The smallest absolute Gasteiger partial charge is 0.320 e. The number of carboxylic acid groups (broad SMARTS) is 1. The number of unbranched alkanes of at least 4 members (excludes halogenated alkanes) is 2. The molecule has 0 bridgehead atoms. The SMILES string of the molecule is CCOC(=O)C(CCCCCc1cccc(OCc2ccccc2)c1)C(=O)O. The standard InChI is InChI=1S/C23H28O5/c1-2-27-23(26)21(22(24)25)15-8-4-5-10-18-13-9-14-20(16-18)28-17-19-11-6-3-7-12-19/h3,6-7,9,11-14,16,21H,2,4-5,8,10,15,17H2,1H3,(H,24,25). The molecule has 28 heavy (non-hydrogen) atoms. The second kappa shape index (κ2) is 11.8. The lowest BCUT2D eigenvalue weighted by atomic mass is 9.99. The number of hydrogen-bond donors (Lipinski definition) is 1. The Morgan fingerprint density at radius 1 is 0.964 bits per heavy atom. The first-order valence-electron chi connectivity index (χ1n) is 9.75. The zero-order chi connectivity index (χ0) is 20.2. The molecule has 2 aromatic rings. The molecule has 0 aliphatic carbocycles.